The van der Waals surface area contributed by atoms with E-state index in [9.17, 15) is 0 Å². The highest BCUT2D eigenvalue weighted by atomic mass is 16.5. The van der Waals surface area contributed by atoms with Crippen LogP contribution in [0.2, 0.25) is 0 Å². The van der Waals surface area contributed by atoms with Crippen LogP contribution in [0.1, 0.15) is 17.0 Å². The van der Waals surface area contributed by atoms with E-state index in [4.69, 9.17) is 9.84 Å². The molecule has 0 aliphatic carbocycles. The van der Waals surface area contributed by atoms with E-state index in [-0.39, 0.29) is 0 Å². The number of benzene rings is 1. The van der Waals surface area contributed by atoms with Crippen molar-refractivity contribution >= 4 is 5.82 Å². The Kier molecular flexibility index (Phi) is 4.79. The fraction of sp³-hybridized carbons (Fsp3) is 0.316. The van der Waals surface area contributed by atoms with E-state index in [2.05, 4.69) is 43.1 Å². The summed E-state index contributed by atoms with van der Waals surface area (Å²) in [6.07, 6.45) is 5.06. The highest BCUT2D eigenvalue weighted by molar-refractivity contribution is 5.31. The van der Waals surface area contributed by atoms with E-state index >= 15 is 0 Å². The topological polar surface area (TPSA) is 68.1 Å². The van der Waals surface area contributed by atoms with E-state index in [1.54, 1.807) is 25.7 Å². The molecule has 7 nitrogen and oxygen atoms in total. The van der Waals surface area contributed by atoms with Gasteiger partial charge in [-0.2, -0.15) is 5.10 Å². The normalized spacial score (nSPS) is 14.0. The third-order valence-corrected chi connectivity index (χ3v) is 4.48. The number of methoxy groups -OCH3 is 1. The van der Waals surface area contributed by atoms with Crippen LogP contribution in [0.5, 0.6) is 5.75 Å². The summed E-state index contributed by atoms with van der Waals surface area (Å²) in [5, 5.41) is 7.95. The molecule has 134 valence electrons. The van der Waals surface area contributed by atoms with Crippen LogP contribution in [0.3, 0.4) is 0 Å². The Bertz CT molecular complexity index is 863. The van der Waals surface area contributed by atoms with Gasteiger partial charge in [0, 0.05) is 32.0 Å². The van der Waals surface area contributed by atoms with E-state index in [0.29, 0.717) is 6.54 Å². The first kappa shape index (κ1) is 16.5. The molecule has 3 heterocycles. The third-order valence-electron chi connectivity index (χ3n) is 4.48. The van der Waals surface area contributed by atoms with Crippen molar-refractivity contribution in [3.8, 4) is 5.75 Å². The largest absolute Gasteiger partial charge is 0.497 e. The van der Waals surface area contributed by atoms with Crippen molar-refractivity contribution in [2.24, 2.45) is 0 Å². The van der Waals surface area contributed by atoms with Crippen molar-refractivity contribution in [2.75, 3.05) is 19.0 Å². The molecule has 0 saturated carbocycles. The first-order valence-electron chi connectivity index (χ1n) is 8.71. The maximum atomic E-state index is 5.32. The number of anilines is 1. The molecule has 1 aliphatic heterocycles. The van der Waals surface area contributed by atoms with Crippen LogP contribution >= 0.6 is 0 Å². The number of hydrogen-bond acceptors (Lipinski definition) is 6. The molecule has 4 rings (SSSR count). The fourth-order valence-electron chi connectivity index (χ4n) is 3.20. The Morgan fingerprint density at radius 3 is 3.00 bits per heavy atom. The molecule has 0 spiro atoms. The molecule has 1 aromatic carbocycles. The number of ether oxygens (including phenoxy) is 1. The average molecular weight is 350 g/mol. The predicted molar refractivity (Wildman–Crippen MR) is 98.7 cm³/mol. The van der Waals surface area contributed by atoms with Gasteiger partial charge < -0.3 is 10.1 Å². The van der Waals surface area contributed by atoms with Gasteiger partial charge in [-0.3, -0.25) is 14.6 Å². The second-order valence-corrected chi connectivity index (χ2v) is 6.36. The van der Waals surface area contributed by atoms with Gasteiger partial charge in [-0.1, -0.05) is 12.1 Å². The lowest BCUT2D eigenvalue weighted by Crippen LogP contribution is -2.33. The Hall–Kier alpha value is -2.93. The Balaban J connectivity index is 1.38. The van der Waals surface area contributed by atoms with Gasteiger partial charge in [0.2, 0.25) is 0 Å². The lowest BCUT2D eigenvalue weighted by atomic mass is 10.2. The molecule has 2 aromatic heterocycles. The monoisotopic (exact) mass is 350 g/mol. The summed E-state index contributed by atoms with van der Waals surface area (Å²) >= 11 is 0. The molecule has 1 aliphatic rings. The molecule has 0 amide bonds. The number of fused-ring (bicyclic) bond motifs is 1. The van der Waals surface area contributed by atoms with Crippen LogP contribution < -0.4 is 10.1 Å². The SMILES string of the molecule is COc1cccc(CN2CCn3nc(CNc4cnccn4)cc3C2)c1. The van der Waals surface area contributed by atoms with E-state index in [1.807, 2.05) is 12.1 Å². The van der Waals surface area contributed by atoms with Gasteiger partial charge in [-0.25, -0.2) is 4.98 Å². The maximum Gasteiger partial charge on any atom is 0.144 e. The molecule has 0 atom stereocenters. The van der Waals surface area contributed by atoms with Crippen molar-refractivity contribution in [1.29, 1.82) is 0 Å². The minimum Gasteiger partial charge on any atom is -0.497 e. The van der Waals surface area contributed by atoms with Crippen LogP contribution in [0, 0.1) is 0 Å². The molecule has 0 unspecified atom stereocenters. The molecule has 7 heteroatoms. The van der Waals surface area contributed by atoms with Crippen molar-refractivity contribution in [3.05, 3.63) is 65.9 Å². The van der Waals surface area contributed by atoms with Gasteiger partial charge >= 0.3 is 0 Å². The zero-order chi connectivity index (χ0) is 17.8. The van der Waals surface area contributed by atoms with Crippen molar-refractivity contribution in [1.82, 2.24) is 24.6 Å². The first-order valence-corrected chi connectivity index (χ1v) is 8.71. The minimum absolute atomic E-state index is 0.647. The molecule has 0 bridgehead atoms. The van der Waals surface area contributed by atoms with Crippen LogP contribution in [0.25, 0.3) is 0 Å². The molecule has 3 aromatic rings. The van der Waals surface area contributed by atoms with Crippen LogP contribution in [0.4, 0.5) is 5.82 Å². The Labute approximate surface area is 152 Å². The van der Waals surface area contributed by atoms with E-state index in [0.717, 1.165) is 43.4 Å². The van der Waals surface area contributed by atoms with Crippen molar-refractivity contribution in [3.63, 3.8) is 0 Å². The highest BCUT2D eigenvalue weighted by Gasteiger charge is 2.18. The van der Waals surface area contributed by atoms with Gasteiger partial charge in [-0.15, -0.1) is 0 Å². The predicted octanol–water partition coefficient (Wildman–Crippen LogP) is 2.31. The van der Waals surface area contributed by atoms with Crippen LogP contribution in [0.15, 0.2) is 48.9 Å². The second-order valence-electron chi connectivity index (χ2n) is 6.36. The minimum atomic E-state index is 0.647. The molecular weight excluding hydrogens is 328 g/mol. The van der Waals surface area contributed by atoms with Gasteiger partial charge in [-0.05, 0) is 23.8 Å². The summed E-state index contributed by atoms with van der Waals surface area (Å²) in [5.74, 6) is 1.67. The quantitative estimate of drug-likeness (QED) is 0.736. The maximum absolute atomic E-state index is 5.32. The lowest BCUT2D eigenvalue weighted by Gasteiger charge is -2.27. The summed E-state index contributed by atoms with van der Waals surface area (Å²) in [6.45, 7) is 4.35. The van der Waals surface area contributed by atoms with Gasteiger partial charge in [0.1, 0.15) is 11.6 Å². The highest BCUT2D eigenvalue weighted by Crippen LogP contribution is 2.19. The fourth-order valence-corrected chi connectivity index (χ4v) is 3.20. The standard InChI is InChI=1S/C19H22N6O/c1-26-18-4-2-3-15(9-18)13-24-7-8-25-17(14-24)10-16(23-25)11-22-19-12-20-5-6-21-19/h2-6,9-10,12H,7-8,11,13-14H2,1H3,(H,21,22). The molecule has 1 N–H and O–H groups in total. The summed E-state index contributed by atoms with van der Waals surface area (Å²) in [7, 11) is 1.70. The van der Waals surface area contributed by atoms with Crippen molar-refractivity contribution in [2.45, 2.75) is 26.2 Å². The lowest BCUT2D eigenvalue weighted by molar-refractivity contribution is 0.205. The average Bonchev–Trinajstić information content (AvgIpc) is 3.09. The molecule has 0 radical (unpaired) electrons. The molecule has 0 saturated heterocycles. The van der Waals surface area contributed by atoms with Gasteiger partial charge in [0.05, 0.1) is 37.8 Å². The molecule has 0 fully saturated rings. The third kappa shape index (κ3) is 3.83. The molecular formula is C19H22N6O. The van der Waals surface area contributed by atoms with Crippen LogP contribution in [-0.2, 0) is 26.2 Å². The van der Waals surface area contributed by atoms with Gasteiger partial charge in [0.25, 0.3) is 0 Å². The number of rotatable bonds is 6. The van der Waals surface area contributed by atoms with E-state index in [1.165, 1.54) is 11.3 Å². The smallest absolute Gasteiger partial charge is 0.144 e. The Morgan fingerprint density at radius 2 is 2.15 bits per heavy atom. The van der Waals surface area contributed by atoms with Crippen LogP contribution in [-0.4, -0.2) is 38.3 Å². The summed E-state index contributed by atoms with van der Waals surface area (Å²) in [5.41, 5.74) is 3.53. The summed E-state index contributed by atoms with van der Waals surface area (Å²) < 4.78 is 7.42. The zero-order valence-corrected chi connectivity index (χ0v) is 14.8. The van der Waals surface area contributed by atoms with Crippen molar-refractivity contribution < 1.29 is 4.74 Å². The van der Waals surface area contributed by atoms with E-state index < -0.39 is 0 Å². The number of nitrogens with zero attached hydrogens (tertiary/aromatic N) is 5. The number of nitrogens with one attached hydrogen (secondary N) is 1. The summed E-state index contributed by atoms with van der Waals surface area (Å²) in [4.78, 5) is 10.7. The van der Waals surface area contributed by atoms with Gasteiger partial charge in [0.15, 0.2) is 0 Å². The number of aromatic nitrogens is 4. The Morgan fingerprint density at radius 1 is 1.19 bits per heavy atom. The summed E-state index contributed by atoms with van der Waals surface area (Å²) in [6, 6.07) is 10.4. The second kappa shape index (κ2) is 7.53. The first-order chi connectivity index (χ1) is 12.8. The number of hydrogen-bond donors (Lipinski definition) is 1. The zero-order valence-electron chi connectivity index (χ0n) is 14.8. The molecule has 26 heavy (non-hydrogen) atoms.